The van der Waals surface area contributed by atoms with Crippen molar-refractivity contribution in [2.45, 2.75) is 44.7 Å². The summed E-state index contributed by atoms with van der Waals surface area (Å²) in [7, 11) is -4.17. The molecular formula is C28H31Cl2N3O4S. The van der Waals surface area contributed by atoms with Crippen LogP contribution in [0.1, 0.15) is 31.4 Å². The van der Waals surface area contributed by atoms with E-state index in [-0.39, 0.29) is 23.0 Å². The van der Waals surface area contributed by atoms with Crippen molar-refractivity contribution in [3.63, 3.8) is 0 Å². The quantitative estimate of drug-likeness (QED) is 0.330. The first-order valence-corrected chi connectivity index (χ1v) is 14.4. The van der Waals surface area contributed by atoms with Crippen molar-refractivity contribution in [2.24, 2.45) is 0 Å². The number of sulfonamides is 1. The van der Waals surface area contributed by atoms with Gasteiger partial charge in [-0.2, -0.15) is 0 Å². The Morgan fingerprint density at radius 1 is 0.947 bits per heavy atom. The standard InChI is InChI=1S/C28H31Cl2N3O4S/c1-4-25(28(35)31-5-2)32(18-21-11-9-10-14-24(21)30)27(34)19-33(26-17-22(29)16-15-20(26)3)38(36,37)23-12-7-6-8-13-23/h6-17,25H,4-5,18-19H2,1-3H3,(H,31,35)/t25-/m0/s1. The van der Waals surface area contributed by atoms with Crippen LogP contribution < -0.4 is 9.62 Å². The lowest BCUT2D eigenvalue weighted by Crippen LogP contribution is -2.52. The van der Waals surface area contributed by atoms with Crippen LogP contribution >= 0.6 is 23.2 Å². The number of likely N-dealkylation sites (N-methyl/N-ethyl adjacent to an activating group) is 1. The fraction of sp³-hybridized carbons (Fsp3) is 0.286. The molecule has 3 aromatic rings. The zero-order chi connectivity index (χ0) is 27.9. The second-order valence-corrected chi connectivity index (χ2v) is 11.4. The van der Waals surface area contributed by atoms with Crippen LogP contribution in [0.4, 0.5) is 5.69 Å². The summed E-state index contributed by atoms with van der Waals surface area (Å²) in [6.07, 6.45) is 0.323. The zero-order valence-electron chi connectivity index (χ0n) is 21.5. The molecule has 0 saturated heterocycles. The molecule has 0 aliphatic heterocycles. The minimum Gasteiger partial charge on any atom is -0.355 e. The van der Waals surface area contributed by atoms with Crippen LogP contribution in [-0.2, 0) is 26.2 Å². The molecule has 2 amide bonds. The number of carbonyl (C=O) groups is 2. The Balaban J connectivity index is 2.11. The van der Waals surface area contributed by atoms with E-state index in [1.54, 1.807) is 75.4 Å². The maximum absolute atomic E-state index is 14.0. The summed E-state index contributed by atoms with van der Waals surface area (Å²) >= 11 is 12.6. The van der Waals surface area contributed by atoms with Crippen molar-refractivity contribution in [3.05, 3.63) is 94.0 Å². The van der Waals surface area contributed by atoms with Crippen LogP contribution in [0.25, 0.3) is 0 Å². The molecule has 0 spiro atoms. The third kappa shape index (κ3) is 6.87. The lowest BCUT2D eigenvalue weighted by Gasteiger charge is -2.33. The fourth-order valence-electron chi connectivity index (χ4n) is 4.11. The highest BCUT2D eigenvalue weighted by Crippen LogP contribution is 2.30. The molecule has 0 radical (unpaired) electrons. The molecule has 0 heterocycles. The first-order valence-electron chi connectivity index (χ1n) is 12.2. The van der Waals surface area contributed by atoms with E-state index in [2.05, 4.69) is 5.32 Å². The number of rotatable bonds is 11. The van der Waals surface area contributed by atoms with Gasteiger partial charge in [0.1, 0.15) is 12.6 Å². The third-order valence-corrected chi connectivity index (χ3v) is 8.46. The first-order chi connectivity index (χ1) is 18.1. The van der Waals surface area contributed by atoms with Crippen molar-refractivity contribution < 1.29 is 18.0 Å². The van der Waals surface area contributed by atoms with E-state index in [0.29, 0.717) is 34.1 Å². The second-order valence-electron chi connectivity index (χ2n) is 8.69. The smallest absolute Gasteiger partial charge is 0.264 e. The number of nitrogens with one attached hydrogen (secondary N) is 1. The van der Waals surface area contributed by atoms with E-state index in [9.17, 15) is 18.0 Å². The first kappa shape index (κ1) is 29.5. The number of amides is 2. The summed E-state index contributed by atoms with van der Waals surface area (Å²) < 4.78 is 28.8. The average molecular weight is 577 g/mol. The highest BCUT2D eigenvalue weighted by Gasteiger charge is 2.34. The fourth-order valence-corrected chi connectivity index (χ4v) is 5.96. The van der Waals surface area contributed by atoms with Gasteiger partial charge in [0.25, 0.3) is 10.0 Å². The molecule has 0 aliphatic rings. The lowest BCUT2D eigenvalue weighted by molar-refractivity contribution is -0.140. The van der Waals surface area contributed by atoms with Crippen LogP contribution in [0.15, 0.2) is 77.7 Å². The normalized spacial score (nSPS) is 12.0. The van der Waals surface area contributed by atoms with Gasteiger partial charge in [-0.05, 0) is 61.7 Å². The summed E-state index contributed by atoms with van der Waals surface area (Å²) in [4.78, 5) is 28.4. The van der Waals surface area contributed by atoms with Gasteiger partial charge < -0.3 is 10.2 Å². The molecule has 0 unspecified atom stereocenters. The van der Waals surface area contributed by atoms with Gasteiger partial charge in [-0.15, -0.1) is 0 Å². The van der Waals surface area contributed by atoms with Crippen molar-refractivity contribution in [1.82, 2.24) is 10.2 Å². The molecule has 38 heavy (non-hydrogen) atoms. The molecule has 0 aliphatic carbocycles. The molecule has 3 aromatic carbocycles. The molecule has 0 bridgehead atoms. The predicted octanol–water partition coefficient (Wildman–Crippen LogP) is 5.44. The Bertz CT molecular complexity index is 1380. The lowest BCUT2D eigenvalue weighted by atomic mass is 10.1. The molecule has 0 aromatic heterocycles. The van der Waals surface area contributed by atoms with E-state index in [4.69, 9.17) is 23.2 Å². The Morgan fingerprint density at radius 2 is 1.61 bits per heavy atom. The number of carbonyl (C=O) groups excluding carboxylic acids is 2. The molecule has 7 nitrogen and oxygen atoms in total. The van der Waals surface area contributed by atoms with Crippen LogP contribution in [0, 0.1) is 6.92 Å². The minimum absolute atomic E-state index is 0.0283. The van der Waals surface area contributed by atoms with Gasteiger partial charge in [0.2, 0.25) is 11.8 Å². The Labute approximate surface area is 234 Å². The second kappa shape index (κ2) is 13.1. The maximum atomic E-state index is 14.0. The molecule has 10 heteroatoms. The van der Waals surface area contributed by atoms with E-state index in [1.165, 1.54) is 23.1 Å². The number of nitrogens with zero attached hydrogens (tertiary/aromatic N) is 2. The van der Waals surface area contributed by atoms with E-state index >= 15 is 0 Å². The Hall–Kier alpha value is -3.07. The number of hydrogen-bond donors (Lipinski definition) is 1. The summed E-state index contributed by atoms with van der Waals surface area (Å²) in [5.41, 5.74) is 1.54. The number of aryl methyl sites for hydroxylation is 1. The van der Waals surface area contributed by atoms with E-state index in [0.717, 1.165) is 4.31 Å². The topological polar surface area (TPSA) is 86.8 Å². The van der Waals surface area contributed by atoms with E-state index < -0.39 is 28.5 Å². The number of anilines is 1. The summed E-state index contributed by atoms with van der Waals surface area (Å²) in [5, 5.41) is 3.54. The number of halogens is 2. The molecule has 1 atom stereocenters. The summed E-state index contributed by atoms with van der Waals surface area (Å²) in [6, 6.07) is 19.0. The monoisotopic (exact) mass is 575 g/mol. The van der Waals surface area contributed by atoms with Crippen LogP contribution in [0.2, 0.25) is 10.0 Å². The van der Waals surface area contributed by atoms with Gasteiger partial charge in [-0.1, -0.05) is 72.6 Å². The van der Waals surface area contributed by atoms with Crippen LogP contribution in [0.5, 0.6) is 0 Å². The van der Waals surface area contributed by atoms with Gasteiger partial charge in [0.05, 0.1) is 10.6 Å². The largest absolute Gasteiger partial charge is 0.355 e. The molecule has 1 N–H and O–H groups in total. The van der Waals surface area contributed by atoms with Gasteiger partial charge in [0, 0.05) is 23.1 Å². The molecular weight excluding hydrogens is 545 g/mol. The molecule has 202 valence electrons. The Kier molecular flexibility index (Phi) is 10.2. The van der Waals surface area contributed by atoms with Crippen LogP contribution in [0.3, 0.4) is 0 Å². The summed E-state index contributed by atoms with van der Waals surface area (Å²) in [6.45, 7) is 5.21. The highest BCUT2D eigenvalue weighted by atomic mass is 35.5. The van der Waals surface area contributed by atoms with Gasteiger partial charge in [-0.3, -0.25) is 13.9 Å². The van der Waals surface area contributed by atoms with Crippen LogP contribution in [-0.4, -0.2) is 44.3 Å². The maximum Gasteiger partial charge on any atom is 0.264 e. The third-order valence-electron chi connectivity index (χ3n) is 6.09. The van der Waals surface area contributed by atoms with Crippen molar-refractivity contribution in [1.29, 1.82) is 0 Å². The molecule has 0 saturated carbocycles. The zero-order valence-corrected chi connectivity index (χ0v) is 23.9. The number of hydrogen-bond acceptors (Lipinski definition) is 4. The van der Waals surface area contributed by atoms with Crippen molar-refractivity contribution >= 4 is 50.7 Å². The van der Waals surface area contributed by atoms with Gasteiger partial charge in [0.15, 0.2) is 0 Å². The SMILES string of the molecule is CCNC(=O)[C@H](CC)N(Cc1ccccc1Cl)C(=O)CN(c1cc(Cl)ccc1C)S(=O)(=O)c1ccccc1. The number of benzene rings is 3. The van der Waals surface area contributed by atoms with Crippen molar-refractivity contribution in [3.8, 4) is 0 Å². The highest BCUT2D eigenvalue weighted by molar-refractivity contribution is 7.92. The van der Waals surface area contributed by atoms with Gasteiger partial charge >= 0.3 is 0 Å². The van der Waals surface area contributed by atoms with Crippen molar-refractivity contribution in [2.75, 3.05) is 17.4 Å². The predicted molar refractivity (Wildman–Crippen MR) is 152 cm³/mol. The Morgan fingerprint density at radius 3 is 2.24 bits per heavy atom. The molecule has 3 rings (SSSR count). The average Bonchev–Trinajstić information content (AvgIpc) is 2.90. The minimum atomic E-state index is -4.17. The molecule has 0 fully saturated rings. The van der Waals surface area contributed by atoms with E-state index in [1.807, 2.05) is 0 Å². The summed E-state index contributed by atoms with van der Waals surface area (Å²) in [5.74, 6) is -0.881. The van der Waals surface area contributed by atoms with Gasteiger partial charge in [-0.25, -0.2) is 8.42 Å².